The summed E-state index contributed by atoms with van der Waals surface area (Å²) in [6, 6.07) is 8.58. The summed E-state index contributed by atoms with van der Waals surface area (Å²) in [7, 11) is 0. The summed E-state index contributed by atoms with van der Waals surface area (Å²) in [4.78, 5) is 18.9. The minimum Gasteiger partial charge on any atom is -0.368 e. The molecule has 0 bridgehead atoms. The number of pyridine rings is 1. The molecule has 1 saturated heterocycles. The van der Waals surface area contributed by atoms with Gasteiger partial charge in [0.05, 0.1) is 5.56 Å². The van der Waals surface area contributed by atoms with Crippen LogP contribution in [0.5, 0.6) is 0 Å². The molecule has 0 radical (unpaired) electrons. The number of halogens is 3. The van der Waals surface area contributed by atoms with E-state index in [1.807, 2.05) is 6.07 Å². The lowest BCUT2D eigenvalue weighted by Crippen LogP contribution is -2.39. The van der Waals surface area contributed by atoms with Crippen molar-refractivity contribution in [2.75, 3.05) is 16.8 Å². The number of alkyl halides is 3. The Morgan fingerprint density at radius 3 is 2.81 bits per heavy atom. The molecule has 7 heteroatoms. The highest BCUT2D eigenvalue weighted by atomic mass is 19.4. The number of nitrogens with zero attached hydrogens (tertiary/aromatic N) is 2. The molecule has 1 aliphatic heterocycles. The van der Waals surface area contributed by atoms with Gasteiger partial charge in [0.25, 0.3) is 5.91 Å². The summed E-state index contributed by atoms with van der Waals surface area (Å²) >= 11 is 0. The van der Waals surface area contributed by atoms with Crippen molar-refractivity contribution in [3.8, 4) is 0 Å². The van der Waals surface area contributed by atoms with Gasteiger partial charge in [0.2, 0.25) is 0 Å². The predicted molar refractivity (Wildman–Crippen MR) is 98.9 cm³/mol. The molecule has 1 aliphatic rings. The maximum absolute atomic E-state index is 12.8. The van der Waals surface area contributed by atoms with Crippen LogP contribution in [0.2, 0.25) is 0 Å². The third-order valence-corrected chi connectivity index (χ3v) is 4.85. The standard InChI is InChI=1S/C20H22F3N3O/c1-2-16-8-3-4-11-26(16)17-9-10-24-18(13-17)19(27)25-15-7-5-6-14(12-15)20(21,22)23/h5-7,9-10,12-13,16H,2-4,8,11H2,1H3,(H,25,27). The fourth-order valence-electron chi connectivity index (χ4n) is 3.46. The van der Waals surface area contributed by atoms with E-state index in [0.29, 0.717) is 6.04 Å². The van der Waals surface area contributed by atoms with Gasteiger partial charge in [0.15, 0.2) is 0 Å². The number of nitrogens with one attached hydrogen (secondary N) is 1. The van der Waals surface area contributed by atoms with Crippen LogP contribution in [-0.4, -0.2) is 23.5 Å². The Bertz CT molecular complexity index is 807. The van der Waals surface area contributed by atoms with Crippen LogP contribution in [0.25, 0.3) is 0 Å². The number of hydrogen-bond donors (Lipinski definition) is 1. The zero-order valence-electron chi connectivity index (χ0n) is 15.1. The first-order valence-corrected chi connectivity index (χ1v) is 9.10. The van der Waals surface area contributed by atoms with Crippen LogP contribution < -0.4 is 10.2 Å². The average Bonchev–Trinajstić information content (AvgIpc) is 2.67. The minimum absolute atomic E-state index is 0.0893. The SMILES string of the molecule is CCC1CCCCN1c1ccnc(C(=O)Nc2cccc(C(F)(F)F)c2)c1. The van der Waals surface area contributed by atoms with Gasteiger partial charge >= 0.3 is 6.18 Å². The molecule has 2 heterocycles. The van der Waals surface area contributed by atoms with Crippen LogP contribution in [-0.2, 0) is 6.18 Å². The highest BCUT2D eigenvalue weighted by Gasteiger charge is 2.30. The van der Waals surface area contributed by atoms with Crippen molar-refractivity contribution in [1.82, 2.24) is 4.98 Å². The van der Waals surface area contributed by atoms with Gasteiger partial charge in [0, 0.05) is 30.2 Å². The fraction of sp³-hybridized carbons (Fsp3) is 0.400. The fourth-order valence-corrected chi connectivity index (χ4v) is 3.46. The molecule has 0 saturated carbocycles. The van der Waals surface area contributed by atoms with E-state index < -0.39 is 17.6 Å². The number of piperidine rings is 1. The Morgan fingerprint density at radius 2 is 2.07 bits per heavy atom. The highest BCUT2D eigenvalue weighted by molar-refractivity contribution is 6.03. The Kier molecular flexibility index (Phi) is 5.68. The number of benzene rings is 1. The van der Waals surface area contributed by atoms with Crippen LogP contribution in [0.4, 0.5) is 24.5 Å². The van der Waals surface area contributed by atoms with Gasteiger partial charge in [-0.15, -0.1) is 0 Å². The van der Waals surface area contributed by atoms with E-state index >= 15 is 0 Å². The number of anilines is 2. The summed E-state index contributed by atoms with van der Waals surface area (Å²) in [6.07, 6.45) is 1.55. The first-order valence-electron chi connectivity index (χ1n) is 9.10. The molecular formula is C20H22F3N3O. The molecule has 0 aliphatic carbocycles. The van der Waals surface area contributed by atoms with Crippen LogP contribution in [0.3, 0.4) is 0 Å². The molecule has 1 atom stereocenters. The molecular weight excluding hydrogens is 355 g/mol. The lowest BCUT2D eigenvalue weighted by molar-refractivity contribution is -0.137. The summed E-state index contributed by atoms with van der Waals surface area (Å²) in [5.41, 5.74) is 0.392. The summed E-state index contributed by atoms with van der Waals surface area (Å²) < 4.78 is 38.5. The van der Waals surface area contributed by atoms with Crippen molar-refractivity contribution in [2.45, 2.75) is 44.8 Å². The second-order valence-corrected chi connectivity index (χ2v) is 6.68. The normalized spacial score (nSPS) is 17.6. The Balaban J connectivity index is 1.78. The number of carbonyl (C=O) groups is 1. The molecule has 1 fully saturated rings. The van der Waals surface area contributed by atoms with Crippen molar-refractivity contribution in [1.29, 1.82) is 0 Å². The van der Waals surface area contributed by atoms with Crippen molar-refractivity contribution >= 4 is 17.3 Å². The molecule has 2 aromatic rings. The first kappa shape index (κ1) is 19.2. The molecule has 27 heavy (non-hydrogen) atoms. The van der Waals surface area contributed by atoms with Crippen LogP contribution in [0.1, 0.15) is 48.7 Å². The summed E-state index contributed by atoms with van der Waals surface area (Å²) in [5.74, 6) is -0.527. The van der Waals surface area contributed by atoms with E-state index in [1.54, 1.807) is 12.3 Å². The van der Waals surface area contributed by atoms with Gasteiger partial charge in [-0.1, -0.05) is 13.0 Å². The lowest BCUT2D eigenvalue weighted by Gasteiger charge is -2.37. The Hall–Kier alpha value is -2.57. The topological polar surface area (TPSA) is 45.2 Å². The quantitative estimate of drug-likeness (QED) is 0.804. The van der Waals surface area contributed by atoms with E-state index in [1.165, 1.54) is 18.6 Å². The van der Waals surface area contributed by atoms with Crippen molar-refractivity contribution in [3.05, 3.63) is 53.9 Å². The van der Waals surface area contributed by atoms with E-state index in [9.17, 15) is 18.0 Å². The molecule has 1 amide bonds. The molecule has 1 N–H and O–H groups in total. The van der Waals surface area contributed by atoms with E-state index in [4.69, 9.17) is 0 Å². The van der Waals surface area contributed by atoms with Crippen molar-refractivity contribution in [3.63, 3.8) is 0 Å². The Labute approximate surface area is 156 Å². The van der Waals surface area contributed by atoms with Gasteiger partial charge in [-0.3, -0.25) is 9.78 Å². The number of aromatic nitrogens is 1. The minimum atomic E-state index is -4.46. The van der Waals surface area contributed by atoms with Crippen LogP contribution in [0, 0.1) is 0 Å². The number of amides is 1. The molecule has 144 valence electrons. The van der Waals surface area contributed by atoms with Crippen molar-refractivity contribution in [2.24, 2.45) is 0 Å². The molecule has 1 unspecified atom stereocenters. The molecule has 1 aromatic carbocycles. The van der Waals surface area contributed by atoms with Gasteiger partial charge < -0.3 is 10.2 Å². The Morgan fingerprint density at radius 1 is 1.26 bits per heavy atom. The predicted octanol–water partition coefficient (Wildman–Crippen LogP) is 5.12. The zero-order valence-corrected chi connectivity index (χ0v) is 15.1. The van der Waals surface area contributed by atoms with E-state index in [2.05, 4.69) is 22.1 Å². The van der Waals surface area contributed by atoms with Crippen LogP contribution >= 0.6 is 0 Å². The summed E-state index contributed by atoms with van der Waals surface area (Å²) in [5, 5.41) is 2.51. The zero-order chi connectivity index (χ0) is 19.4. The van der Waals surface area contributed by atoms with E-state index in [0.717, 1.165) is 43.6 Å². The highest BCUT2D eigenvalue weighted by Crippen LogP contribution is 2.31. The molecule has 0 spiro atoms. The number of rotatable bonds is 4. The van der Waals surface area contributed by atoms with E-state index in [-0.39, 0.29) is 11.4 Å². The molecule has 3 rings (SSSR count). The maximum atomic E-state index is 12.8. The molecule has 1 aromatic heterocycles. The first-order chi connectivity index (χ1) is 12.9. The van der Waals surface area contributed by atoms with Crippen LogP contribution in [0.15, 0.2) is 42.6 Å². The van der Waals surface area contributed by atoms with Crippen molar-refractivity contribution < 1.29 is 18.0 Å². The lowest BCUT2D eigenvalue weighted by atomic mass is 9.99. The third kappa shape index (κ3) is 4.59. The van der Waals surface area contributed by atoms with Gasteiger partial charge in [0.1, 0.15) is 5.69 Å². The molecule has 4 nitrogen and oxygen atoms in total. The second kappa shape index (κ2) is 7.98. The smallest absolute Gasteiger partial charge is 0.368 e. The number of hydrogen-bond acceptors (Lipinski definition) is 3. The third-order valence-electron chi connectivity index (χ3n) is 4.85. The largest absolute Gasteiger partial charge is 0.416 e. The van der Waals surface area contributed by atoms with Gasteiger partial charge in [-0.05, 0) is 56.0 Å². The summed E-state index contributed by atoms with van der Waals surface area (Å²) in [6.45, 7) is 3.07. The van der Waals surface area contributed by atoms with Gasteiger partial charge in [-0.2, -0.15) is 13.2 Å². The monoisotopic (exact) mass is 377 g/mol. The average molecular weight is 377 g/mol. The van der Waals surface area contributed by atoms with Gasteiger partial charge in [-0.25, -0.2) is 0 Å². The second-order valence-electron chi connectivity index (χ2n) is 6.68. The maximum Gasteiger partial charge on any atom is 0.416 e. The number of carbonyl (C=O) groups excluding carboxylic acids is 1.